The average Bonchev–Trinajstić information content (AvgIpc) is 3.50. The normalized spacial score (nSPS) is 12.2. The lowest BCUT2D eigenvalue weighted by atomic mass is 9.97. The Morgan fingerprint density at radius 1 is 0.971 bits per heavy atom. The summed E-state index contributed by atoms with van der Waals surface area (Å²) in [4.78, 5) is 18.6. The van der Waals surface area contributed by atoms with Crippen LogP contribution in [0.2, 0.25) is 0 Å². The van der Waals surface area contributed by atoms with E-state index in [4.69, 9.17) is 0 Å². The molecule has 0 unspecified atom stereocenters. The number of halogens is 5. The van der Waals surface area contributed by atoms with E-state index in [0.717, 1.165) is 16.7 Å². The van der Waals surface area contributed by atoms with Gasteiger partial charge in [0.1, 0.15) is 17.2 Å². The molecule has 0 saturated carbocycles. The highest BCUT2D eigenvalue weighted by Gasteiger charge is 2.61. The minimum atomic E-state index is -5.88. The summed E-state index contributed by atoms with van der Waals surface area (Å²) in [5, 5.41) is 13.7. The molecular formula is C23H19F5N6O. The standard InChI is InChI=1S/C23H19F5N6O/c1-2-5-18-29-19(20(30-18)22(24,25)23(26,27)28)17(35)12-13-8-10-14(11-9-13)15-6-3-4-7-16(15)21-31-33-34-32-21/h3-4,6-11H,2,5,12H2,1H3,(H,29,30)(H,31,32,33,34). The van der Waals surface area contributed by atoms with Crippen LogP contribution >= 0.6 is 0 Å². The highest BCUT2D eigenvalue weighted by Crippen LogP contribution is 2.44. The molecule has 2 aromatic carbocycles. The number of carbonyl (C=O) groups is 1. The first-order valence-electron chi connectivity index (χ1n) is 10.6. The Balaban J connectivity index is 1.61. The Kier molecular flexibility index (Phi) is 6.46. The molecule has 4 rings (SSSR count). The second-order valence-electron chi connectivity index (χ2n) is 7.82. The van der Waals surface area contributed by atoms with Crippen LogP contribution in [0.15, 0.2) is 48.5 Å². The van der Waals surface area contributed by atoms with Gasteiger partial charge < -0.3 is 4.98 Å². The molecule has 2 N–H and O–H groups in total. The molecule has 2 heterocycles. The van der Waals surface area contributed by atoms with Crippen LogP contribution in [0.5, 0.6) is 0 Å². The summed E-state index contributed by atoms with van der Waals surface area (Å²) < 4.78 is 67.2. The van der Waals surface area contributed by atoms with Gasteiger partial charge in [-0.3, -0.25) is 4.79 Å². The summed E-state index contributed by atoms with van der Waals surface area (Å²) in [5.74, 6) is -5.81. The predicted molar refractivity (Wildman–Crippen MR) is 116 cm³/mol. The number of aromatic amines is 2. The van der Waals surface area contributed by atoms with Crippen LogP contribution in [0.25, 0.3) is 22.5 Å². The fourth-order valence-electron chi connectivity index (χ4n) is 3.63. The Labute approximate surface area is 195 Å². The Morgan fingerprint density at radius 2 is 1.66 bits per heavy atom. The van der Waals surface area contributed by atoms with Crippen molar-refractivity contribution in [2.24, 2.45) is 0 Å². The topological polar surface area (TPSA) is 100 Å². The average molecular weight is 490 g/mol. The third kappa shape index (κ3) is 4.81. The number of H-pyrrole nitrogens is 2. The lowest BCUT2D eigenvalue weighted by Gasteiger charge is -2.18. The van der Waals surface area contributed by atoms with Crippen molar-refractivity contribution in [2.75, 3.05) is 0 Å². The molecule has 12 heteroatoms. The molecule has 0 aliphatic carbocycles. The first-order chi connectivity index (χ1) is 16.6. The van der Waals surface area contributed by atoms with E-state index in [1.807, 2.05) is 24.3 Å². The van der Waals surface area contributed by atoms with E-state index in [1.54, 1.807) is 31.2 Å². The smallest absolute Gasteiger partial charge is 0.339 e. The molecule has 0 atom stereocenters. The molecular weight excluding hydrogens is 471 g/mol. The van der Waals surface area contributed by atoms with Crippen molar-refractivity contribution >= 4 is 5.78 Å². The van der Waals surface area contributed by atoms with E-state index in [-0.39, 0.29) is 18.7 Å². The van der Waals surface area contributed by atoms with Crippen LogP contribution in [-0.2, 0) is 18.8 Å². The lowest BCUT2D eigenvalue weighted by Crippen LogP contribution is -2.35. The number of benzene rings is 2. The molecule has 4 aromatic rings. The summed E-state index contributed by atoms with van der Waals surface area (Å²) >= 11 is 0. The van der Waals surface area contributed by atoms with Crippen molar-refractivity contribution in [3.05, 3.63) is 71.3 Å². The summed E-state index contributed by atoms with van der Waals surface area (Å²) in [6.45, 7) is 1.71. The molecule has 0 saturated heterocycles. The molecule has 7 nitrogen and oxygen atoms in total. The fourth-order valence-corrected chi connectivity index (χ4v) is 3.63. The van der Waals surface area contributed by atoms with Gasteiger partial charge in [0.25, 0.3) is 0 Å². The minimum Gasteiger partial charge on any atom is -0.339 e. The first kappa shape index (κ1) is 24.2. The molecule has 182 valence electrons. The van der Waals surface area contributed by atoms with Gasteiger partial charge in [0.15, 0.2) is 11.6 Å². The van der Waals surface area contributed by atoms with Crippen LogP contribution < -0.4 is 0 Å². The van der Waals surface area contributed by atoms with Gasteiger partial charge in [-0.2, -0.15) is 22.0 Å². The molecule has 0 amide bonds. The molecule has 0 aliphatic heterocycles. The summed E-state index contributed by atoms with van der Waals surface area (Å²) in [6.07, 6.45) is -5.69. The summed E-state index contributed by atoms with van der Waals surface area (Å²) in [5.41, 5.74) is 0.317. The number of hydrogen-bond donors (Lipinski definition) is 2. The second-order valence-corrected chi connectivity index (χ2v) is 7.82. The number of Topliss-reactive ketones (excluding diaryl/α,β-unsaturated/α-hetero) is 1. The van der Waals surface area contributed by atoms with Crippen LogP contribution in [0.4, 0.5) is 22.0 Å². The molecule has 0 bridgehead atoms. The van der Waals surface area contributed by atoms with E-state index in [0.29, 0.717) is 17.8 Å². The van der Waals surface area contributed by atoms with Crippen LogP contribution in [-0.4, -0.2) is 42.6 Å². The summed E-state index contributed by atoms with van der Waals surface area (Å²) in [7, 11) is 0. The highest BCUT2D eigenvalue weighted by atomic mass is 19.4. The number of carbonyl (C=O) groups excluding carboxylic acids is 1. The maximum atomic E-state index is 14.1. The monoisotopic (exact) mass is 490 g/mol. The van der Waals surface area contributed by atoms with Crippen molar-refractivity contribution in [3.8, 4) is 22.5 Å². The Hall–Kier alpha value is -3.96. The number of tetrazole rings is 1. The number of alkyl halides is 5. The number of rotatable bonds is 8. The zero-order chi connectivity index (χ0) is 25.2. The van der Waals surface area contributed by atoms with Crippen molar-refractivity contribution < 1.29 is 26.7 Å². The fraction of sp³-hybridized carbons (Fsp3) is 0.261. The Bertz CT molecular complexity index is 1310. The van der Waals surface area contributed by atoms with Crippen LogP contribution in [0, 0.1) is 0 Å². The zero-order valence-electron chi connectivity index (χ0n) is 18.3. The van der Waals surface area contributed by atoms with Gasteiger partial charge in [-0.25, -0.2) is 10.1 Å². The van der Waals surface area contributed by atoms with Gasteiger partial charge in [-0.05, 0) is 33.5 Å². The van der Waals surface area contributed by atoms with E-state index in [1.165, 1.54) is 0 Å². The van der Waals surface area contributed by atoms with Crippen molar-refractivity contribution in [3.63, 3.8) is 0 Å². The van der Waals surface area contributed by atoms with Gasteiger partial charge in [0.05, 0.1) is 0 Å². The number of imidazole rings is 1. The quantitative estimate of drug-likeness (QED) is 0.258. The van der Waals surface area contributed by atoms with Gasteiger partial charge >= 0.3 is 12.1 Å². The van der Waals surface area contributed by atoms with E-state index >= 15 is 0 Å². The third-order valence-corrected chi connectivity index (χ3v) is 5.33. The first-order valence-corrected chi connectivity index (χ1v) is 10.6. The number of hydrogen-bond acceptors (Lipinski definition) is 5. The van der Waals surface area contributed by atoms with Gasteiger partial charge in [0.2, 0.25) is 0 Å². The lowest BCUT2D eigenvalue weighted by molar-refractivity contribution is -0.290. The van der Waals surface area contributed by atoms with E-state index in [2.05, 4.69) is 30.6 Å². The summed E-state index contributed by atoms with van der Waals surface area (Å²) in [6, 6.07) is 14.0. The molecule has 0 radical (unpaired) electrons. The zero-order valence-corrected chi connectivity index (χ0v) is 18.3. The maximum absolute atomic E-state index is 14.1. The molecule has 2 aromatic heterocycles. The molecule has 0 aliphatic rings. The largest absolute Gasteiger partial charge is 0.459 e. The van der Waals surface area contributed by atoms with E-state index in [9.17, 15) is 26.7 Å². The van der Waals surface area contributed by atoms with E-state index < -0.39 is 29.3 Å². The highest BCUT2D eigenvalue weighted by molar-refractivity contribution is 5.97. The van der Waals surface area contributed by atoms with Gasteiger partial charge in [0, 0.05) is 18.4 Å². The molecule has 0 spiro atoms. The number of ketones is 1. The van der Waals surface area contributed by atoms with Crippen molar-refractivity contribution in [1.82, 2.24) is 30.6 Å². The van der Waals surface area contributed by atoms with Crippen LogP contribution in [0.1, 0.15) is 40.9 Å². The maximum Gasteiger partial charge on any atom is 0.459 e. The SMILES string of the molecule is CCCc1nc(C(F)(F)C(F)(F)F)c(C(=O)Cc2ccc(-c3ccccc3-c3nnn[nH]3)cc2)[nH]1. The van der Waals surface area contributed by atoms with Crippen molar-refractivity contribution in [2.45, 2.75) is 38.3 Å². The Morgan fingerprint density at radius 3 is 2.26 bits per heavy atom. The predicted octanol–water partition coefficient (Wildman–Crippen LogP) is 5.29. The van der Waals surface area contributed by atoms with Gasteiger partial charge in [-0.1, -0.05) is 55.5 Å². The second kappa shape index (κ2) is 9.35. The molecule has 35 heavy (non-hydrogen) atoms. The number of aryl methyl sites for hydroxylation is 1. The number of nitrogens with zero attached hydrogens (tertiary/aromatic N) is 4. The number of aromatic nitrogens is 6. The van der Waals surface area contributed by atoms with Crippen molar-refractivity contribution in [1.29, 1.82) is 0 Å². The molecule has 0 fully saturated rings. The number of nitrogens with one attached hydrogen (secondary N) is 2. The van der Waals surface area contributed by atoms with Gasteiger partial charge in [-0.15, -0.1) is 5.10 Å². The van der Waals surface area contributed by atoms with Crippen LogP contribution in [0.3, 0.4) is 0 Å². The minimum absolute atomic E-state index is 0.0939. The third-order valence-electron chi connectivity index (χ3n) is 5.33.